The van der Waals surface area contributed by atoms with Crippen LogP contribution in [0.1, 0.15) is 53.4 Å². The van der Waals surface area contributed by atoms with Crippen LogP contribution in [-0.4, -0.2) is 47.9 Å². The van der Waals surface area contributed by atoms with Crippen molar-refractivity contribution in [2.24, 2.45) is 0 Å². The quantitative estimate of drug-likeness (QED) is 0.799. The highest BCUT2D eigenvalue weighted by atomic mass is 16.2. The van der Waals surface area contributed by atoms with Gasteiger partial charge in [0.05, 0.1) is 6.04 Å². The Labute approximate surface area is 122 Å². The van der Waals surface area contributed by atoms with Gasteiger partial charge in [0, 0.05) is 31.6 Å². The number of piperidine rings is 1. The zero-order valence-electron chi connectivity index (χ0n) is 13.3. The van der Waals surface area contributed by atoms with E-state index in [0.29, 0.717) is 13.0 Å². The fourth-order valence-corrected chi connectivity index (χ4v) is 2.27. The smallest absolute Gasteiger partial charge is 0.237 e. The lowest BCUT2D eigenvalue weighted by Gasteiger charge is -2.27. The summed E-state index contributed by atoms with van der Waals surface area (Å²) < 4.78 is 0. The Morgan fingerprint density at radius 3 is 2.30 bits per heavy atom. The van der Waals surface area contributed by atoms with E-state index < -0.39 is 0 Å². The molecule has 0 aromatic carbocycles. The fourth-order valence-electron chi connectivity index (χ4n) is 2.27. The predicted molar refractivity (Wildman–Crippen MR) is 80.4 cm³/mol. The lowest BCUT2D eigenvalue weighted by Crippen LogP contribution is -2.50. The number of hydrogen-bond donors (Lipinski definition) is 2. The molecule has 2 N–H and O–H groups in total. The Kier molecular flexibility index (Phi) is 6.46. The first kappa shape index (κ1) is 17.0. The third-order valence-corrected chi connectivity index (χ3v) is 3.39. The summed E-state index contributed by atoms with van der Waals surface area (Å²) in [7, 11) is 0. The molecule has 1 aliphatic heterocycles. The second-order valence-corrected chi connectivity index (χ2v) is 6.61. The molecule has 2 amide bonds. The summed E-state index contributed by atoms with van der Waals surface area (Å²) in [5.41, 5.74) is -0.226. The van der Waals surface area contributed by atoms with Crippen molar-refractivity contribution in [3.8, 4) is 0 Å². The van der Waals surface area contributed by atoms with Crippen molar-refractivity contribution in [1.82, 2.24) is 15.5 Å². The van der Waals surface area contributed by atoms with E-state index in [4.69, 9.17) is 0 Å². The van der Waals surface area contributed by atoms with Gasteiger partial charge in [0.2, 0.25) is 11.8 Å². The average Bonchev–Trinajstić information content (AvgIpc) is 2.37. The zero-order chi connectivity index (χ0) is 15.2. The second kappa shape index (κ2) is 7.62. The Morgan fingerprint density at radius 1 is 1.15 bits per heavy atom. The van der Waals surface area contributed by atoms with Gasteiger partial charge in [0.25, 0.3) is 0 Å². The molecular formula is C15H29N3O2. The van der Waals surface area contributed by atoms with Crippen LogP contribution in [0, 0.1) is 0 Å². The number of likely N-dealkylation sites (tertiary alicyclic amines) is 1. The number of rotatable bonds is 5. The highest BCUT2D eigenvalue weighted by Gasteiger charge is 2.20. The number of amides is 2. The molecule has 0 spiro atoms. The van der Waals surface area contributed by atoms with Gasteiger partial charge >= 0.3 is 0 Å². The van der Waals surface area contributed by atoms with Crippen molar-refractivity contribution >= 4 is 11.8 Å². The van der Waals surface area contributed by atoms with E-state index in [1.54, 1.807) is 0 Å². The van der Waals surface area contributed by atoms with Crippen LogP contribution in [0.25, 0.3) is 0 Å². The van der Waals surface area contributed by atoms with Gasteiger partial charge in [0.1, 0.15) is 0 Å². The molecule has 1 aliphatic rings. The van der Waals surface area contributed by atoms with Gasteiger partial charge in [-0.15, -0.1) is 0 Å². The van der Waals surface area contributed by atoms with Gasteiger partial charge < -0.3 is 15.5 Å². The number of nitrogens with zero attached hydrogens (tertiary/aromatic N) is 1. The second-order valence-electron chi connectivity index (χ2n) is 6.61. The maximum Gasteiger partial charge on any atom is 0.237 e. The summed E-state index contributed by atoms with van der Waals surface area (Å²) in [4.78, 5) is 25.8. The molecule has 0 saturated carbocycles. The van der Waals surface area contributed by atoms with Crippen LogP contribution in [0.15, 0.2) is 0 Å². The van der Waals surface area contributed by atoms with E-state index in [1.165, 1.54) is 6.42 Å². The van der Waals surface area contributed by atoms with Crippen LogP contribution in [0.3, 0.4) is 0 Å². The number of carbonyl (C=O) groups excluding carboxylic acids is 2. The molecule has 1 rings (SSSR count). The molecule has 1 saturated heterocycles. The van der Waals surface area contributed by atoms with Gasteiger partial charge in [0.15, 0.2) is 0 Å². The first-order valence-corrected chi connectivity index (χ1v) is 7.63. The van der Waals surface area contributed by atoms with Crippen molar-refractivity contribution < 1.29 is 9.59 Å². The standard InChI is InChI=1S/C15H29N3O2/c1-12(14(20)17-15(2,3)4)16-9-8-13(19)18-10-6-5-7-11-18/h12,16H,5-11H2,1-4H3,(H,17,20). The zero-order valence-corrected chi connectivity index (χ0v) is 13.3. The summed E-state index contributed by atoms with van der Waals surface area (Å²) in [5, 5.41) is 6.04. The number of nitrogens with one attached hydrogen (secondary N) is 2. The van der Waals surface area contributed by atoms with E-state index in [9.17, 15) is 9.59 Å². The first-order valence-electron chi connectivity index (χ1n) is 7.63. The van der Waals surface area contributed by atoms with Crippen LogP contribution in [-0.2, 0) is 9.59 Å². The van der Waals surface area contributed by atoms with E-state index >= 15 is 0 Å². The molecular weight excluding hydrogens is 254 g/mol. The molecule has 0 aliphatic carbocycles. The third kappa shape index (κ3) is 6.37. The van der Waals surface area contributed by atoms with Crippen molar-refractivity contribution in [1.29, 1.82) is 0 Å². The minimum absolute atomic E-state index is 0.0251. The van der Waals surface area contributed by atoms with Crippen molar-refractivity contribution in [3.63, 3.8) is 0 Å². The van der Waals surface area contributed by atoms with Crippen molar-refractivity contribution in [2.75, 3.05) is 19.6 Å². The summed E-state index contributed by atoms with van der Waals surface area (Å²) in [6.07, 6.45) is 3.92. The van der Waals surface area contributed by atoms with Crippen LogP contribution < -0.4 is 10.6 Å². The minimum atomic E-state index is -0.275. The largest absolute Gasteiger partial charge is 0.350 e. The van der Waals surface area contributed by atoms with Gasteiger partial charge in [-0.1, -0.05) is 0 Å². The third-order valence-electron chi connectivity index (χ3n) is 3.39. The minimum Gasteiger partial charge on any atom is -0.350 e. The molecule has 0 bridgehead atoms. The summed E-state index contributed by atoms with van der Waals surface area (Å²) in [6, 6.07) is -0.275. The fraction of sp³-hybridized carbons (Fsp3) is 0.867. The maximum atomic E-state index is 12.0. The molecule has 1 fully saturated rings. The van der Waals surface area contributed by atoms with Crippen LogP contribution >= 0.6 is 0 Å². The monoisotopic (exact) mass is 283 g/mol. The van der Waals surface area contributed by atoms with Gasteiger partial charge in [-0.25, -0.2) is 0 Å². The van der Waals surface area contributed by atoms with Crippen molar-refractivity contribution in [2.45, 2.75) is 65.0 Å². The molecule has 0 radical (unpaired) electrons. The molecule has 5 nitrogen and oxygen atoms in total. The first-order chi connectivity index (χ1) is 9.29. The van der Waals surface area contributed by atoms with Crippen molar-refractivity contribution in [3.05, 3.63) is 0 Å². The average molecular weight is 283 g/mol. The molecule has 116 valence electrons. The topological polar surface area (TPSA) is 61.4 Å². The van der Waals surface area contributed by atoms with Crippen LogP contribution in [0.4, 0.5) is 0 Å². The summed E-state index contributed by atoms with van der Waals surface area (Å²) in [6.45, 7) is 10.0. The van der Waals surface area contributed by atoms with Crippen LogP contribution in [0.2, 0.25) is 0 Å². The van der Waals surface area contributed by atoms with Gasteiger partial charge in [-0.2, -0.15) is 0 Å². The Bertz CT molecular complexity index is 331. The maximum absolute atomic E-state index is 12.0. The Hall–Kier alpha value is -1.10. The molecule has 1 unspecified atom stereocenters. The summed E-state index contributed by atoms with van der Waals surface area (Å²) >= 11 is 0. The molecule has 5 heteroatoms. The molecule has 1 heterocycles. The molecule has 0 aromatic heterocycles. The SMILES string of the molecule is CC(NCCC(=O)N1CCCCC1)C(=O)NC(C)(C)C. The summed E-state index contributed by atoms with van der Waals surface area (Å²) in [5.74, 6) is 0.170. The van der Waals surface area contributed by atoms with Gasteiger partial charge in [-0.3, -0.25) is 9.59 Å². The lowest BCUT2D eigenvalue weighted by atomic mass is 10.1. The molecule has 1 atom stereocenters. The normalized spacial score (nSPS) is 17.7. The number of hydrogen-bond acceptors (Lipinski definition) is 3. The predicted octanol–water partition coefficient (Wildman–Crippen LogP) is 1.28. The van der Waals surface area contributed by atoms with E-state index in [2.05, 4.69) is 10.6 Å². The molecule has 0 aromatic rings. The Morgan fingerprint density at radius 2 is 1.75 bits per heavy atom. The Balaban J connectivity index is 2.22. The van der Waals surface area contributed by atoms with Gasteiger partial charge in [-0.05, 0) is 47.0 Å². The van der Waals surface area contributed by atoms with E-state index in [0.717, 1.165) is 25.9 Å². The highest BCUT2D eigenvalue weighted by Crippen LogP contribution is 2.09. The molecule has 20 heavy (non-hydrogen) atoms. The lowest BCUT2D eigenvalue weighted by molar-refractivity contribution is -0.132. The van der Waals surface area contributed by atoms with E-state index in [-0.39, 0.29) is 23.4 Å². The highest BCUT2D eigenvalue weighted by molar-refractivity contribution is 5.82. The number of carbonyl (C=O) groups is 2. The van der Waals surface area contributed by atoms with Crippen LogP contribution in [0.5, 0.6) is 0 Å². The van der Waals surface area contributed by atoms with E-state index in [1.807, 2.05) is 32.6 Å².